The molecule has 0 bridgehead atoms. The van der Waals surface area contributed by atoms with E-state index in [9.17, 15) is 0 Å². The second kappa shape index (κ2) is 11.6. The molecule has 2 nitrogen and oxygen atoms in total. The fourth-order valence-electron chi connectivity index (χ4n) is 2.67. The Morgan fingerprint density at radius 2 is 1.75 bits per heavy atom. The van der Waals surface area contributed by atoms with Crippen LogP contribution in [-0.4, -0.2) is 18.5 Å². The van der Waals surface area contributed by atoms with Crippen molar-refractivity contribution in [2.75, 3.05) is 13.6 Å². The van der Waals surface area contributed by atoms with Gasteiger partial charge in [0.2, 0.25) is 0 Å². The number of hydrogen-bond acceptors (Lipinski definition) is 2. The Morgan fingerprint density at radius 3 is 2.43 bits per heavy atom. The first-order valence-electron chi connectivity index (χ1n) is 9.45. The molecule has 0 aliphatic heterocycles. The number of aryl methyl sites for hydroxylation is 1. The molecular formula is C25H32ClNO. The molecule has 0 fully saturated rings. The van der Waals surface area contributed by atoms with Gasteiger partial charge in [-0.3, -0.25) is 4.90 Å². The standard InChI is InChI=1S/C25H31NO.ClH/c1-21-16-23(19-26(5)15-11-7-10-14-25(2,3)4)18-24(17-21)27-20-22-12-8-6-9-13-22;/h6-9,11-13,16-18H,15,19-20H2,1-5H3;1H. The quantitative estimate of drug-likeness (QED) is 0.528. The summed E-state index contributed by atoms with van der Waals surface area (Å²) in [5.74, 6) is 7.26. The molecule has 28 heavy (non-hydrogen) atoms. The first kappa shape index (κ1) is 23.8. The number of nitrogens with zero attached hydrogens (tertiary/aromatic N) is 1. The molecule has 0 atom stereocenters. The van der Waals surface area contributed by atoms with Crippen LogP contribution in [0.25, 0.3) is 0 Å². The Balaban J connectivity index is 0.00000392. The summed E-state index contributed by atoms with van der Waals surface area (Å²) < 4.78 is 5.99. The van der Waals surface area contributed by atoms with Crippen LogP contribution in [0, 0.1) is 24.2 Å². The van der Waals surface area contributed by atoms with E-state index in [4.69, 9.17) is 4.74 Å². The Bertz CT molecular complexity index is 810. The minimum atomic E-state index is 0. The van der Waals surface area contributed by atoms with Crippen molar-refractivity contribution in [1.29, 1.82) is 0 Å². The molecule has 2 rings (SSSR count). The minimum absolute atomic E-state index is 0. The van der Waals surface area contributed by atoms with E-state index in [0.29, 0.717) is 6.61 Å². The second-order valence-electron chi connectivity index (χ2n) is 8.05. The highest BCUT2D eigenvalue weighted by molar-refractivity contribution is 5.85. The highest BCUT2D eigenvalue weighted by atomic mass is 35.5. The molecule has 2 aromatic carbocycles. The molecule has 0 radical (unpaired) electrons. The summed E-state index contributed by atoms with van der Waals surface area (Å²) in [5, 5.41) is 0. The summed E-state index contributed by atoms with van der Waals surface area (Å²) in [6, 6.07) is 16.7. The Kier molecular flexibility index (Phi) is 9.87. The molecule has 0 saturated heterocycles. The molecule has 0 saturated carbocycles. The van der Waals surface area contributed by atoms with Crippen LogP contribution in [-0.2, 0) is 13.2 Å². The fraction of sp³-hybridized carbons (Fsp3) is 0.360. The average Bonchev–Trinajstić information content (AvgIpc) is 2.59. The predicted octanol–water partition coefficient (Wildman–Crippen LogP) is 6.03. The second-order valence-corrected chi connectivity index (χ2v) is 8.05. The summed E-state index contributed by atoms with van der Waals surface area (Å²) in [7, 11) is 2.12. The van der Waals surface area contributed by atoms with Crippen LogP contribution in [0.2, 0.25) is 0 Å². The molecule has 0 unspecified atom stereocenters. The van der Waals surface area contributed by atoms with Gasteiger partial charge in [0.05, 0.1) is 0 Å². The van der Waals surface area contributed by atoms with Gasteiger partial charge < -0.3 is 4.74 Å². The third-order valence-electron chi connectivity index (χ3n) is 3.88. The smallest absolute Gasteiger partial charge is 0.120 e. The van der Waals surface area contributed by atoms with Crippen molar-refractivity contribution in [2.45, 2.75) is 40.8 Å². The summed E-state index contributed by atoms with van der Waals surface area (Å²) in [5.41, 5.74) is 3.71. The molecule has 0 N–H and O–H groups in total. The summed E-state index contributed by atoms with van der Waals surface area (Å²) in [6.45, 7) is 10.8. The largest absolute Gasteiger partial charge is 0.489 e. The molecule has 3 heteroatoms. The minimum Gasteiger partial charge on any atom is -0.489 e. The predicted molar refractivity (Wildman–Crippen MR) is 122 cm³/mol. The van der Waals surface area contributed by atoms with Gasteiger partial charge in [-0.1, -0.05) is 54.3 Å². The Morgan fingerprint density at radius 1 is 1.04 bits per heavy atom. The third kappa shape index (κ3) is 9.65. The lowest BCUT2D eigenvalue weighted by molar-refractivity contribution is 0.304. The number of benzene rings is 2. The third-order valence-corrected chi connectivity index (χ3v) is 3.88. The molecule has 0 heterocycles. The zero-order valence-electron chi connectivity index (χ0n) is 17.7. The van der Waals surface area contributed by atoms with Crippen LogP contribution in [0.1, 0.15) is 37.5 Å². The SMILES string of the molecule is Cc1cc(CN(C)CC=CC#CC(C)(C)C)cc(OCc2ccccc2)c1.Cl. The van der Waals surface area contributed by atoms with Gasteiger partial charge in [0.1, 0.15) is 12.4 Å². The van der Waals surface area contributed by atoms with Crippen molar-refractivity contribution in [3.8, 4) is 17.6 Å². The number of ether oxygens (including phenoxy) is 1. The van der Waals surface area contributed by atoms with Crippen LogP contribution in [0.15, 0.2) is 60.7 Å². The Labute approximate surface area is 177 Å². The maximum absolute atomic E-state index is 5.99. The number of allylic oxidation sites excluding steroid dienone is 1. The molecule has 2 aromatic rings. The van der Waals surface area contributed by atoms with Crippen LogP contribution in [0.4, 0.5) is 0 Å². The molecule has 0 amide bonds. The summed E-state index contributed by atoms with van der Waals surface area (Å²) >= 11 is 0. The topological polar surface area (TPSA) is 12.5 Å². The van der Waals surface area contributed by atoms with Crippen LogP contribution in [0.3, 0.4) is 0 Å². The first-order valence-corrected chi connectivity index (χ1v) is 9.45. The van der Waals surface area contributed by atoms with E-state index in [1.165, 1.54) is 16.7 Å². The van der Waals surface area contributed by atoms with E-state index >= 15 is 0 Å². The van der Waals surface area contributed by atoms with E-state index in [2.05, 4.69) is 87.9 Å². The first-order chi connectivity index (χ1) is 12.8. The molecule has 0 aromatic heterocycles. The number of likely N-dealkylation sites (N-methyl/N-ethyl adjacent to an activating group) is 1. The van der Waals surface area contributed by atoms with E-state index in [1.54, 1.807) is 0 Å². The molecule has 0 spiro atoms. The Hall–Kier alpha value is -2.21. The lowest BCUT2D eigenvalue weighted by Crippen LogP contribution is -2.17. The van der Waals surface area contributed by atoms with Crippen molar-refractivity contribution in [1.82, 2.24) is 4.90 Å². The van der Waals surface area contributed by atoms with Gasteiger partial charge >= 0.3 is 0 Å². The van der Waals surface area contributed by atoms with E-state index < -0.39 is 0 Å². The van der Waals surface area contributed by atoms with Gasteiger partial charge in [0, 0.05) is 18.5 Å². The summed E-state index contributed by atoms with van der Waals surface area (Å²) in [6.07, 6.45) is 4.06. The van der Waals surface area contributed by atoms with Crippen LogP contribution >= 0.6 is 12.4 Å². The van der Waals surface area contributed by atoms with Gasteiger partial charge in [0.25, 0.3) is 0 Å². The van der Waals surface area contributed by atoms with Gasteiger partial charge in [0.15, 0.2) is 0 Å². The summed E-state index contributed by atoms with van der Waals surface area (Å²) in [4.78, 5) is 2.27. The van der Waals surface area contributed by atoms with Crippen molar-refractivity contribution < 1.29 is 4.74 Å². The molecule has 150 valence electrons. The molecule has 0 aliphatic rings. The van der Waals surface area contributed by atoms with Crippen LogP contribution < -0.4 is 4.74 Å². The van der Waals surface area contributed by atoms with Crippen molar-refractivity contribution in [2.24, 2.45) is 5.41 Å². The zero-order chi connectivity index (χ0) is 19.7. The zero-order valence-corrected chi connectivity index (χ0v) is 18.5. The number of hydrogen-bond donors (Lipinski definition) is 0. The van der Waals surface area contributed by atoms with Crippen molar-refractivity contribution in [3.05, 3.63) is 77.4 Å². The van der Waals surface area contributed by atoms with Crippen molar-refractivity contribution >= 4 is 12.4 Å². The number of halogens is 1. The fourth-order valence-corrected chi connectivity index (χ4v) is 2.67. The van der Waals surface area contributed by atoms with E-state index in [-0.39, 0.29) is 17.8 Å². The van der Waals surface area contributed by atoms with Gasteiger partial charge in [-0.25, -0.2) is 0 Å². The lowest BCUT2D eigenvalue weighted by Gasteiger charge is -2.16. The monoisotopic (exact) mass is 397 g/mol. The van der Waals surface area contributed by atoms with Gasteiger partial charge in [-0.05, 0) is 69.6 Å². The number of rotatable bonds is 7. The van der Waals surface area contributed by atoms with Crippen molar-refractivity contribution in [3.63, 3.8) is 0 Å². The highest BCUT2D eigenvalue weighted by Crippen LogP contribution is 2.19. The van der Waals surface area contributed by atoms with E-state index in [0.717, 1.165) is 18.8 Å². The molecular weight excluding hydrogens is 366 g/mol. The molecule has 0 aliphatic carbocycles. The van der Waals surface area contributed by atoms with E-state index in [1.807, 2.05) is 24.3 Å². The van der Waals surface area contributed by atoms with Gasteiger partial charge in [-0.15, -0.1) is 12.4 Å². The lowest BCUT2D eigenvalue weighted by atomic mass is 9.98. The van der Waals surface area contributed by atoms with Crippen LogP contribution in [0.5, 0.6) is 5.75 Å². The average molecular weight is 398 g/mol. The maximum atomic E-state index is 5.99. The van der Waals surface area contributed by atoms with Gasteiger partial charge in [-0.2, -0.15) is 0 Å². The normalized spacial score (nSPS) is 11.1. The highest BCUT2D eigenvalue weighted by Gasteiger charge is 2.04. The maximum Gasteiger partial charge on any atom is 0.120 e.